The molecule has 7 heteroatoms. The highest BCUT2D eigenvalue weighted by Crippen LogP contribution is 2.29. The number of thioether (sulfide) groups is 1. The van der Waals surface area contributed by atoms with Crippen molar-refractivity contribution in [1.82, 2.24) is 9.88 Å². The summed E-state index contributed by atoms with van der Waals surface area (Å²) in [5.74, 6) is 0.935. The second-order valence-corrected chi connectivity index (χ2v) is 8.00. The number of aliphatic carboxylic acids is 1. The minimum Gasteiger partial charge on any atom is -0.497 e. The zero-order valence-electron chi connectivity index (χ0n) is 15.7. The average Bonchev–Trinajstić information content (AvgIpc) is 2.97. The molecule has 1 aliphatic heterocycles. The fourth-order valence-corrected chi connectivity index (χ4v) is 4.71. The van der Waals surface area contributed by atoms with Gasteiger partial charge >= 0.3 is 5.97 Å². The smallest absolute Gasteiger partial charge is 0.329 e. The molecule has 2 aromatic rings. The van der Waals surface area contributed by atoms with E-state index < -0.39 is 11.5 Å². The number of carboxylic acid groups (broad SMARTS) is 1. The summed E-state index contributed by atoms with van der Waals surface area (Å²) in [7, 11) is 1.62. The van der Waals surface area contributed by atoms with Crippen LogP contribution < -0.4 is 10.1 Å². The standard InChI is InChI=1S/C20H24N2O4S/c1-13-12-17(14(2)22(13)15-4-6-16(26-3)7-5-15)18(23)21-20(19(24)25)8-10-27-11-9-20/h4-7,12H,8-11H2,1-3H3,(H,21,23)(H,24,25). The minimum atomic E-state index is -1.18. The van der Waals surface area contributed by atoms with Gasteiger partial charge in [-0.25, -0.2) is 4.79 Å². The van der Waals surface area contributed by atoms with Crippen LogP contribution >= 0.6 is 11.8 Å². The van der Waals surface area contributed by atoms with E-state index in [0.29, 0.717) is 18.4 Å². The number of nitrogens with zero attached hydrogens (tertiary/aromatic N) is 1. The number of ether oxygens (including phenoxy) is 1. The van der Waals surface area contributed by atoms with Gasteiger partial charge in [0.2, 0.25) is 0 Å². The number of aryl methyl sites for hydroxylation is 1. The number of nitrogens with one attached hydrogen (secondary N) is 1. The van der Waals surface area contributed by atoms with Gasteiger partial charge in [-0.2, -0.15) is 11.8 Å². The van der Waals surface area contributed by atoms with Gasteiger partial charge in [0.1, 0.15) is 11.3 Å². The molecule has 1 amide bonds. The van der Waals surface area contributed by atoms with Crippen LogP contribution in [0.5, 0.6) is 5.75 Å². The number of hydrogen-bond acceptors (Lipinski definition) is 4. The first-order valence-corrected chi connectivity index (χ1v) is 10.0. The van der Waals surface area contributed by atoms with Crippen molar-refractivity contribution in [3.8, 4) is 11.4 Å². The van der Waals surface area contributed by atoms with Crippen molar-refractivity contribution in [2.24, 2.45) is 0 Å². The summed E-state index contributed by atoms with van der Waals surface area (Å²) < 4.78 is 7.18. The van der Waals surface area contributed by atoms with Gasteiger partial charge in [-0.3, -0.25) is 4.79 Å². The number of benzene rings is 1. The lowest BCUT2D eigenvalue weighted by atomic mass is 9.92. The molecule has 1 saturated heterocycles. The Morgan fingerprint density at radius 1 is 1.19 bits per heavy atom. The van der Waals surface area contributed by atoms with E-state index in [1.54, 1.807) is 18.9 Å². The Morgan fingerprint density at radius 2 is 1.81 bits per heavy atom. The normalized spacial score (nSPS) is 16.0. The summed E-state index contributed by atoms with van der Waals surface area (Å²) >= 11 is 1.72. The topological polar surface area (TPSA) is 80.6 Å². The Morgan fingerprint density at radius 3 is 2.37 bits per heavy atom. The van der Waals surface area contributed by atoms with Gasteiger partial charge in [0, 0.05) is 17.1 Å². The van der Waals surface area contributed by atoms with Crippen molar-refractivity contribution >= 4 is 23.6 Å². The summed E-state index contributed by atoms with van der Waals surface area (Å²) in [6.45, 7) is 3.80. The largest absolute Gasteiger partial charge is 0.497 e. The molecule has 144 valence electrons. The lowest BCUT2D eigenvalue weighted by Crippen LogP contribution is -2.56. The Labute approximate surface area is 162 Å². The van der Waals surface area contributed by atoms with Crippen molar-refractivity contribution in [2.45, 2.75) is 32.2 Å². The molecule has 2 N–H and O–H groups in total. The van der Waals surface area contributed by atoms with Crippen LogP contribution in [-0.2, 0) is 4.79 Å². The van der Waals surface area contributed by atoms with Crippen LogP contribution in [0.4, 0.5) is 0 Å². The molecule has 0 unspecified atom stereocenters. The summed E-state index contributed by atoms with van der Waals surface area (Å²) in [5.41, 5.74) is 1.94. The Hall–Kier alpha value is -2.41. The Kier molecular flexibility index (Phi) is 5.51. The SMILES string of the molecule is COc1ccc(-n2c(C)cc(C(=O)NC3(C(=O)O)CCSCC3)c2C)cc1. The summed E-state index contributed by atoms with van der Waals surface area (Å²) in [5, 5.41) is 12.5. The van der Waals surface area contributed by atoms with E-state index in [2.05, 4.69) is 5.32 Å². The Bertz CT molecular complexity index is 852. The molecule has 0 saturated carbocycles. The maximum atomic E-state index is 12.9. The molecular weight excluding hydrogens is 364 g/mol. The number of rotatable bonds is 5. The maximum Gasteiger partial charge on any atom is 0.329 e. The molecule has 0 aliphatic carbocycles. The van der Waals surface area contributed by atoms with Gasteiger partial charge in [0.05, 0.1) is 12.7 Å². The van der Waals surface area contributed by atoms with Gasteiger partial charge in [-0.1, -0.05) is 0 Å². The molecular formula is C20H24N2O4S. The number of methoxy groups -OCH3 is 1. The molecule has 0 atom stereocenters. The first-order valence-electron chi connectivity index (χ1n) is 8.85. The predicted molar refractivity (Wildman–Crippen MR) is 106 cm³/mol. The summed E-state index contributed by atoms with van der Waals surface area (Å²) in [6.07, 6.45) is 0.881. The fraction of sp³-hybridized carbons (Fsp3) is 0.400. The van der Waals surface area contributed by atoms with Crippen molar-refractivity contribution in [1.29, 1.82) is 0 Å². The van der Waals surface area contributed by atoms with Crippen molar-refractivity contribution in [3.05, 3.63) is 47.3 Å². The third-order valence-electron chi connectivity index (χ3n) is 5.11. The number of hydrogen-bond donors (Lipinski definition) is 2. The molecule has 2 heterocycles. The molecule has 0 spiro atoms. The van der Waals surface area contributed by atoms with Crippen LogP contribution in [0.3, 0.4) is 0 Å². The minimum absolute atomic E-state index is 0.336. The van der Waals surface area contributed by atoms with Crippen molar-refractivity contribution in [3.63, 3.8) is 0 Å². The zero-order chi connectivity index (χ0) is 19.6. The first-order chi connectivity index (χ1) is 12.9. The van der Waals surface area contributed by atoms with E-state index in [1.807, 2.05) is 48.7 Å². The highest BCUT2D eigenvalue weighted by molar-refractivity contribution is 7.99. The van der Waals surface area contributed by atoms with Crippen LogP contribution in [0, 0.1) is 13.8 Å². The van der Waals surface area contributed by atoms with Gasteiger partial charge in [-0.05, 0) is 68.5 Å². The quantitative estimate of drug-likeness (QED) is 0.822. The molecule has 1 fully saturated rings. The second-order valence-electron chi connectivity index (χ2n) is 6.77. The fourth-order valence-electron chi connectivity index (χ4n) is 3.52. The van der Waals surface area contributed by atoms with Crippen LogP contribution in [0.1, 0.15) is 34.6 Å². The molecule has 1 aromatic heterocycles. The number of aromatic nitrogens is 1. The van der Waals surface area contributed by atoms with Crippen LogP contribution in [0.15, 0.2) is 30.3 Å². The highest BCUT2D eigenvalue weighted by Gasteiger charge is 2.41. The highest BCUT2D eigenvalue weighted by atomic mass is 32.2. The van der Waals surface area contributed by atoms with Crippen molar-refractivity contribution < 1.29 is 19.4 Å². The third-order valence-corrected chi connectivity index (χ3v) is 6.10. The van der Waals surface area contributed by atoms with Gasteiger partial charge in [0.15, 0.2) is 0 Å². The van der Waals surface area contributed by atoms with E-state index in [1.165, 1.54) is 0 Å². The third kappa shape index (κ3) is 3.69. The van der Waals surface area contributed by atoms with E-state index in [-0.39, 0.29) is 5.91 Å². The van der Waals surface area contributed by atoms with Crippen LogP contribution in [0.25, 0.3) is 5.69 Å². The summed E-state index contributed by atoms with van der Waals surface area (Å²) in [4.78, 5) is 24.8. The average molecular weight is 388 g/mol. The Balaban J connectivity index is 1.90. The molecule has 3 rings (SSSR count). The van der Waals surface area contributed by atoms with E-state index in [9.17, 15) is 14.7 Å². The lowest BCUT2D eigenvalue weighted by Gasteiger charge is -2.33. The molecule has 0 bridgehead atoms. The van der Waals surface area contributed by atoms with Crippen LogP contribution in [-0.4, -0.2) is 45.7 Å². The monoisotopic (exact) mass is 388 g/mol. The summed E-state index contributed by atoms with van der Waals surface area (Å²) in [6, 6.07) is 9.40. The molecule has 27 heavy (non-hydrogen) atoms. The number of carboxylic acids is 1. The van der Waals surface area contributed by atoms with Crippen molar-refractivity contribution in [2.75, 3.05) is 18.6 Å². The lowest BCUT2D eigenvalue weighted by molar-refractivity contribution is -0.144. The van der Waals surface area contributed by atoms with E-state index in [0.717, 1.165) is 34.3 Å². The molecule has 1 aliphatic rings. The van der Waals surface area contributed by atoms with Gasteiger partial charge in [0.25, 0.3) is 5.91 Å². The molecule has 6 nitrogen and oxygen atoms in total. The zero-order valence-corrected chi connectivity index (χ0v) is 16.6. The van der Waals surface area contributed by atoms with E-state index in [4.69, 9.17) is 4.74 Å². The number of amides is 1. The number of carbonyl (C=O) groups is 2. The maximum absolute atomic E-state index is 12.9. The predicted octanol–water partition coefficient (Wildman–Crippen LogP) is 3.18. The van der Waals surface area contributed by atoms with Crippen LogP contribution in [0.2, 0.25) is 0 Å². The number of carbonyl (C=O) groups excluding carboxylic acids is 1. The van der Waals surface area contributed by atoms with Gasteiger partial charge < -0.3 is 19.7 Å². The molecule has 0 radical (unpaired) electrons. The molecule has 1 aromatic carbocycles. The van der Waals surface area contributed by atoms with E-state index >= 15 is 0 Å². The second kappa shape index (κ2) is 7.68. The first kappa shape index (κ1) is 19.4. The van der Waals surface area contributed by atoms with Gasteiger partial charge in [-0.15, -0.1) is 0 Å².